The van der Waals surface area contributed by atoms with Crippen LogP contribution in [-0.4, -0.2) is 29.6 Å². The van der Waals surface area contributed by atoms with Gasteiger partial charge < -0.3 is 5.11 Å². The molecule has 2 atom stereocenters. The van der Waals surface area contributed by atoms with Crippen molar-refractivity contribution < 1.29 is 9.32 Å². The Morgan fingerprint density at radius 2 is 2.05 bits per heavy atom. The van der Waals surface area contributed by atoms with Crippen LogP contribution in [0.1, 0.15) is 31.2 Å². The third-order valence-electron chi connectivity index (χ3n) is 4.88. The van der Waals surface area contributed by atoms with Gasteiger partial charge in [-0.15, -0.1) is 0 Å². The maximum atomic E-state index is 12.1. The molecule has 20 heavy (non-hydrogen) atoms. The SMILES string of the molecule is Cn1ncc2ccc(C3(O)CC4CCC(C3)S4=O)cc21. The van der Waals surface area contributed by atoms with Crippen molar-refractivity contribution in [1.82, 2.24) is 9.78 Å². The molecule has 2 saturated heterocycles. The average Bonchev–Trinajstić information content (AvgIpc) is 2.89. The number of aromatic nitrogens is 2. The second kappa shape index (κ2) is 4.15. The highest BCUT2D eigenvalue weighted by Crippen LogP contribution is 2.46. The Morgan fingerprint density at radius 3 is 2.75 bits per heavy atom. The lowest BCUT2D eigenvalue weighted by Gasteiger charge is -2.36. The molecule has 4 nitrogen and oxygen atoms in total. The fraction of sp³-hybridized carbons (Fsp3) is 0.533. The minimum Gasteiger partial charge on any atom is -0.385 e. The summed E-state index contributed by atoms with van der Waals surface area (Å²) in [6, 6.07) is 6.05. The summed E-state index contributed by atoms with van der Waals surface area (Å²) in [4.78, 5) is 0. The Labute approximate surface area is 120 Å². The van der Waals surface area contributed by atoms with Crippen LogP contribution in [0.3, 0.4) is 0 Å². The molecule has 2 aliphatic rings. The minimum absolute atomic E-state index is 0.168. The molecule has 2 unspecified atom stereocenters. The number of nitrogens with zero attached hydrogens (tertiary/aromatic N) is 2. The van der Waals surface area contributed by atoms with Crippen LogP contribution >= 0.6 is 0 Å². The molecular weight excluding hydrogens is 272 g/mol. The second-order valence-corrected chi connectivity index (χ2v) is 8.12. The van der Waals surface area contributed by atoms with Gasteiger partial charge in [-0.25, -0.2) is 0 Å². The third-order valence-corrected chi connectivity index (χ3v) is 7.00. The highest BCUT2D eigenvalue weighted by Gasteiger charge is 2.48. The summed E-state index contributed by atoms with van der Waals surface area (Å²) in [7, 11) is 1.17. The zero-order valence-electron chi connectivity index (χ0n) is 11.5. The maximum absolute atomic E-state index is 12.1. The summed E-state index contributed by atoms with van der Waals surface area (Å²) in [5.74, 6) is 0. The van der Waals surface area contributed by atoms with Crippen molar-refractivity contribution in [1.29, 1.82) is 0 Å². The van der Waals surface area contributed by atoms with Crippen molar-refractivity contribution in [3.8, 4) is 0 Å². The van der Waals surface area contributed by atoms with Crippen LogP contribution in [0.25, 0.3) is 10.9 Å². The highest BCUT2D eigenvalue weighted by molar-refractivity contribution is 7.86. The summed E-state index contributed by atoms with van der Waals surface area (Å²) < 4.78 is 13.9. The molecule has 0 amide bonds. The van der Waals surface area contributed by atoms with Gasteiger partial charge >= 0.3 is 0 Å². The number of hydrogen-bond donors (Lipinski definition) is 1. The molecule has 2 bridgehead atoms. The topological polar surface area (TPSA) is 55.1 Å². The van der Waals surface area contributed by atoms with Gasteiger partial charge in [-0.2, -0.15) is 5.10 Å². The minimum atomic E-state index is -0.821. The molecular formula is C15H18N2O2S. The maximum Gasteiger partial charge on any atom is 0.0920 e. The van der Waals surface area contributed by atoms with Gasteiger partial charge in [-0.1, -0.05) is 12.1 Å². The molecule has 0 spiro atoms. The Kier molecular flexibility index (Phi) is 2.60. The standard InChI is InChI=1S/C15H18N2O2S/c1-17-14-6-11(3-2-10(14)9-16-17)15(18)7-12-4-5-13(8-15)20(12)19/h2-3,6,9,12-13,18H,4-5,7-8H2,1H3. The second-order valence-electron chi connectivity index (χ2n) is 6.13. The van der Waals surface area contributed by atoms with Crippen LogP contribution in [0.4, 0.5) is 0 Å². The number of hydrogen-bond acceptors (Lipinski definition) is 3. The molecule has 2 aliphatic heterocycles. The van der Waals surface area contributed by atoms with Crippen molar-refractivity contribution >= 4 is 21.7 Å². The van der Waals surface area contributed by atoms with Crippen LogP contribution in [0.5, 0.6) is 0 Å². The monoisotopic (exact) mass is 290 g/mol. The Hall–Kier alpha value is -1.20. The molecule has 2 fully saturated rings. The normalized spacial score (nSPS) is 36.6. The van der Waals surface area contributed by atoms with Crippen molar-refractivity contribution in [3.05, 3.63) is 30.0 Å². The van der Waals surface area contributed by atoms with E-state index in [1.54, 1.807) is 0 Å². The van der Waals surface area contributed by atoms with Gasteiger partial charge in [0.2, 0.25) is 0 Å². The summed E-state index contributed by atoms with van der Waals surface area (Å²) in [6.07, 6.45) is 5.07. The average molecular weight is 290 g/mol. The predicted molar refractivity (Wildman–Crippen MR) is 78.8 cm³/mol. The third kappa shape index (κ3) is 1.69. The number of aryl methyl sites for hydroxylation is 1. The molecule has 1 aromatic carbocycles. The largest absolute Gasteiger partial charge is 0.385 e. The van der Waals surface area contributed by atoms with Gasteiger partial charge in [-0.3, -0.25) is 8.89 Å². The number of rotatable bonds is 1. The quantitative estimate of drug-likeness (QED) is 0.872. The first-order valence-electron chi connectivity index (χ1n) is 7.11. The van der Waals surface area contributed by atoms with E-state index < -0.39 is 16.4 Å². The van der Waals surface area contributed by atoms with E-state index in [2.05, 4.69) is 5.10 Å². The Balaban J connectivity index is 1.78. The molecule has 1 N–H and O–H groups in total. The molecule has 0 radical (unpaired) electrons. The van der Waals surface area contributed by atoms with Crippen LogP contribution in [0.2, 0.25) is 0 Å². The van der Waals surface area contributed by atoms with Gasteiger partial charge in [-0.05, 0) is 37.3 Å². The first-order valence-corrected chi connectivity index (χ1v) is 8.38. The van der Waals surface area contributed by atoms with E-state index in [0.717, 1.165) is 29.3 Å². The highest BCUT2D eigenvalue weighted by atomic mass is 32.2. The zero-order chi connectivity index (χ0) is 13.9. The fourth-order valence-electron chi connectivity index (χ4n) is 3.75. The van der Waals surface area contributed by atoms with Gasteiger partial charge in [0.05, 0.1) is 17.3 Å². The molecule has 5 heteroatoms. The van der Waals surface area contributed by atoms with Gasteiger partial charge in [0, 0.05) is 33.7 Å². The number of fused-ring (bicyclic) bond motifs is 3. The van der Waals surface area contributed by atoms with E-state index in [1.165, 1.54) is 0 Å². The van der Waals surface area contributed by atoms with E-state index in [9.17, 15) is 9.32 Å². The van der Waals surface area contributed by atoms with E-state index in [0.29, 0.717) is 12.8 Å². The first-order chi connectivity index (χ1) is 9.57. The van der Waals surface area contributed by atoms with Gasteiger partial charge in [0.1, 0.15) is 0 Å². The lowest BCUT2D eigenvalue weighted by molar-refractivity contribution is 0.0186. The number of benzene rings is 1. The molecule has 1 aromatic heterocycles. The lowest BCUT2D eigenvalue weighted by Crippen LogP contribution is -2.40. The lowest BCUT2D eigenvalue weighted by atomic mass is 9.85. The van der Waals surface area contributed by atoms with E-state index in [4.69, 9.17) is 0 Å². The molecule has 2 aromatic rings. The van der Waals surface area contributed by atoms with Crippen LogP contribution in [0.15, 0.2) is 24.4 Å². The smallest absolute Gasteiger partial charge is 0.0920 e. The van der Waals surface area contributed by atoms with Gasteiger partial charge in [0.15, 0.2) is 0 Å². The predicted octanol–water partition coefficient (Wildman–Crippen LogP) is 1.83. The van der Waals surface area contributed by atoms with Gasteiger partial charge in [0.25, 0.3) is 0 Å². The summed E-state index contributed by atoms with van der Waals surface area (Å²) in [6.45, 7) is 0. The van der Waals surface area contributed by atoms with E-state index >= 15 is 0 Å². The Bertz CT molecular complexity index is 693. The first kappa shape index (κ1) is 12.5. The van der Waals surface area contributed by atoms with Crippen LogP contribution in [-0.2, 0) is 23.4 Å². The zero-order valence-corrected chi connectivity index (χ0v) is 12.3. The summed E-state index contributed by atoms with van der Waals surface area (Å²) in [5.41, 5.74) is 1.16. The van der Waals surface area contributed by atoms with Crippen LogP contribution < -0.4 is 0 Å². The van der Waals surface area contributed by atoms with Crippen molar-refractivity contribution in [2.45, 2.75) is 41.8 Å². The molecule has 0 aliphatic carbocycles. The molecule has 3 heterocycles. The van der Waals surface area contributed by atoms with E-state index in [1.807, 2.05) is 36.1 Å². The Morgan fingerprint density at radius 1 is 1.35 bits per heavy atom. The van der Waals surface area contributed by atoms with Crippen molar-refractivity contribution in [2.24, 2.45) is 7.05 Å². The van der Waals surface area contributed by atoms with Crippen molar-refractivity contribution in [3.63, 3.8) is 0 Å². The fourth-order valence-corrected chi connectivity index (χ4v) is 5.91. The summed E-state index contributed by atoms with van der Waals surface area (Å²) in [5, 5.41) is 16.7. The van der Waals surface area contributed by atoms with Crippen molar-refractivity contribution in [2.75, 3.05) is 0 Å². The molecule has 106 valence electrons. The van der Waals surface area contributed by atoms with Crippen LogP contribution in [0, 0.1) is 0 Å². The van der Waals surface area contributed by atoms with E-state index in [-0.39, 0.29) is 10.5 Å². The molecule has 4 rings (SSSR count). The summed E-state index contributed by atoms with van der Waals surface area (Å²) >= 11 is 0. The molecule has 0 saturated carbocycles. The number of aliphatic hydroxyl groups is 1.